The monoisotopic (exact) mass is 778 g/mol. The standard InChI is InChI=1S/C43H58N2O7S2/c1-49-36-18-12-33(13-19-36)43(34-14-20-37(50-2)21-15-34,35-16-22-38(51-3)23-17-35)52-32-42(31-46)25-28-45(29-26-42)41(48)11-5-4-8-27-44-40(47)10-7-6-9-39-24-30-53-54-39/h12-23,39,46H,4-11,24-32H2,1-3H3,(H,44,47)/t39-/m1/s1. The molecule has 3 aromatic carbocycles. The van der Waals surface area contributed by atoms with E-state index in [2.05, 4.69) is 5.32 Å². The highest BCUT2D eigenvalue weighted by Crippen LogP contribution is 2.45. The predicted molar refractivity (Wildman–Crippen MR) is 219 cm³/mol. The largest absolute Gasteiger partial charge is 0.497 e. The summed E-state index contributed by atoms with van der Waals surface area (Å²) >= 11 is 0. The van der Waals surface area contributed by atoms with Crippen LogP contribution in [0.2, 0.25) is 0 Å². The summed E-state index contributed by atoms with van der Waals surface area (Å²) in [6.45, 7) is 2.02. The number of ether oxygens (including phenoxy) is 4. The lowest BCUT2D eigenvalue weighted by molar-refractivity contribution is -0.137. The van der Waals surface area contributed by atoms with Crippen molar-refractivity contribution in [3.05, 3.63) is 89.5 Å². The van der Waals surface area contributed by atoms with Crippen molar-refractivity contribution in [1.82, 2.24) is 10.2 Å². The van der Waals surface area contributed by atoms with E-state index in [1.807, 2.05) is 99.3 Å². The number of amides is 2. The topological polar surface area (TPSA) is 107 Å². The molecule has 3 aromatic rings. The molecule has 11 heteroatoms. The summed E-state index contributed by atoms with van der Waals surface area (Å²) < 4.78 is 23.7. The van der Waals surface area contributed by atoms with Crippen molar-refractivity contribution >= 4 is 33.4 Å². The van der Waals surface area contributed by atoms with Crippen LogP contribution in [0.15, 0.2) is 72.8 Å². The van der Waals surface area contributed by atoms with Gasteiger partial charge in [-0.3, -0.25) is 9.59 Å². The van der Waals surface area contributed by atoms with Crippen LogP contribution in [0.5, 0.6) is 17.2 Å². The van der Waals surface area contributed by atoms with Gasteiger partial charge in [-0.25, -0.2) is 0 Å². The summed E-state index contributed by atoms with van der Waals surface area (Å²) in [4.78, 5) is 27.4. The Balaban J connectivity index is 1.16. The fraction of sp³-hybridized carbons (Fsp3) is 0.535. The van der Waals surface area contributed by atoms with Gasteiger partial charge in [0, 0.05) is 48.9 Å². The van der Waals surface area contributed by atoms with E-state index in [1.54, 1.807) is 21.3 Å². The first-order chi connectivity index (χ1) is 26.3. The quantitative estimate of drug-likeness (QED) is 0.0632. The number of carbonyl (C=O) groups excluding carboxylic acids is 2. The van der Waals surface area contributed by atoms with Gasteiger partial charge in [0.2, 0.25) is 11.8 Å². The molecule has 9 nitrogen and oxygen atoms in total. The Morgan fingerprint density at radius 3 is 1.80 bits per heavy atom. The van der Waals surface area contributed by atoms with Crippen LogP contribution in [-0.2, 0) is 19.9 Å². The van der Waals surface area contributed by atoms with Crippen LogP contribution in [0.1, 0.15) is 87.3 Å². The molecule has 294 valence electrons. The van der Waals surface area contributed by atoms with Crippen LogP contribution < -0.4 is 19.5 Å². The Bertz CT molecular complexity index is 1460. The Morgan fingerprint density at radius 2 is 1.31 bits per heavy atom. The molecule has 54 heavy (non-hydrogen) atoms. The summed E-state index contributed by atoms with van der Waals surface area (Å²) in [6.07, 6.45) is 9.50. The lowest BCUT2D eigenvalue weighted by Crippen LogP contribution is -2.48. The van der Waals surface area contributed by atoms with Gasteiger partial charge in [0.25, 0.3) is 0 Å². The number of hydrogen-bond acceptors (Lipinski definition) is 9. The molecule has 2 amide bonds. The van der Waals surface area contributed by atoms with E-state index in [9.17, 15) is 14.7 Å². The van der Waals surface area contributed by atoms with E-state index in [-0.39, 0.29) is 25.0 Å². The van der Waals surface area contributed by atoms with Gasteiger partial charge in [-0.2, -0.15) is 0 Å². The molecule has 2 aliphatic rings. The molecule has 2 N–H and O–H groups in total. The molecule has 0 bridgehead atoms. The number of piperidine rings is 1. The second-order valence-electron chi connectivity index (χ2n) is 14.4. The Labute approximate surface area is 329 Å². The molecule has 0 radical (unpaired) electrons. The third-order valence-corrected chi connectivity index (χ3v) is 13.9. The molecule has 2 fully saturated rings. The molecule has 0 spiro atoms. The van der Waals surface area contributed by atoms with Gasteiger partial charge in [-0.1, -0.05) is 70.8 Å². The normalized spacial score (nSPS) is 16.9. The first-order valence-electron chi connectivity index (χ1n) is 19.4. The van der Waals surface area contributed by atoms with E-state index < -0.39 is 11.0 Å². The highest BCUT2D eigenvalue weighted by Gasteiger charge is 2.43. The van der Waals surface area contributed by atoms with E-state index in [1.165, 1.54) is 18.6 Å². The Kier molecular flexibility index (Phi) is 16.3. The fourth-order valence-electron chi connectivity index (χ4n) is 7.34. The minimum atomic E-state index is -1.03. The molecule has 0 aromatic heterocycles. The van der Waals surface area contributed by atoms with E-state index >= 15 is 0 Å². The zero-order valence-corrected chi connectivity index (χ0v) is 33.8. The molecule has 1 atom stereocenters. The van der Waals surface area contributed by atoms with E-state index in [0.717, 1.165) is 71.3 Å². The number of nitrogens with zero attached hydrogens (tertiary/aromatic N) is 1. The number of benzene rings is 3. The number of likely N-dealkylation sites (tertiary alicyclic amines) is 1. The van der Waals surface area contributed by atoms with Crippen LogP contribution in [0.25, 0.3) is 0 Å². The Morgan fingerprint density at radius 1 is 0.778 bits per heavy atom. The van der Waals surface area contributed by atoms with Crippen molar-refractivity contribution in [2.75, 3.05) is 59.9 Å². The molecule has 0 unspecified atom stereocenters. The van der Waals surface area contributed by atoms with Crippen LogP contribution in [0.3, 0.4) is 0 Å². The van der Waals surface area contributed by atoms with Crippen LogP contribution >= 0.6 is 21.6 Å². The van der Waals surface area contributed by atoms with Crippen LogP contribution in [0.4, 0.5) is 0 Å². The number of hydrogen-bond donors (Lipinski definition) is 2. The van der Waals surface area contributed by atoms with Crippen molar-refractivity contribution in [3.8, 4) is 17.2 Å². The lowest BCUT2D eigenvalue weighted by atomic mass is 9.77. The second-order valence-corrected chi connectivity index (χ2v) is 17.2. The maximum Gasteiger partial charge on any atom is 0.222 e. The summed E-state index contributed by atoms with van der Waals surface area (Å²) in [6, 6.07) is 23.7. The van der Waals surface area contributed by atoms with Gasteiger partial charge < -0.3 is 34.3 Å². The molecule has 0 aliphatic carbocycles. The zero-order valence-electron chi connectivity index (χ0n) is 32.2. The lowest BCUT2D eigenvalue weighted by Gasteiger charge is -2.44. The SMILES string of the molecule is COc1ccc(C(OCC2(CO)CCN(C(=O)CCCCCNC(=O)CCCC[C@@H]3CCSS3)CC2)(c2ccc(OC)cc2)c2ccc(OC)cc2)cc1. The zero-order chi connectivity index (χ0) is 38.2. The number of nitrogens with one attached hydrogen (secondary N) is 1. The predicted octanol–water partition coefficient (Wildman–Crippen LogP) is 8.01. The summed E-state index contributed by atoms with van der Waals surface area (Å²) in [5.74, 6) is 3.75. The van der Waals surface area contributed by atoms with Crippen molar-refractivity contribution < 1.29 is 33.6 Å². The van der Waals surface area contributed by atoms with E-state index in [4.69, 9.17) is 18.9 Å². The van der Waals surface area contributed by atoms with Gasteiger partial charge in [0.15, 0.2) is 0 Å². The summed E-state index contributed by atoms with van der Waals surface area (Å²) in [7, 11) is 8.91. The van der Waals surface area contributed by atoms with Gasteiger partial charge in [0.1, 0.15) is 22.8 Å². The second kappa shape index (κ2) is 21.1. The van der Waals surface area contributed by atoms with Crippen LogP contribution in [-0.4, -0.2) is 87.0 Å². The summed E-state index contributed by atoms with van der Waals surface area (Å²) in [5, 5.41) is 14.7. The van der Waals surface area contributed by atoms with E-state index in [0.29, 0.717) is 45.3 Å². The highest BCUT2D eigenvalue weighted by atomic mass is 33.1. The number of rotatable bonds is 21. The molecular formula is C43H58N2O7S2. The average Bonchev–Trinajstić information content (AvgIpc) is 3.75. The first-order valence-corrected chi connectivity index (χ1v) is 21.7. The van der Waals surface area contributed by atoms with Gasteiger partial charge in [-0.05, 0) is 98.0 Å². The number of carbonyl (C=O) groups is 2. The minimum absolute atomic E-state index is 0.0522. The van der Waals surface area contributed by atoms with Gasteiger partial charge in [0.05, 0.1) is 34.5 Å². The molecular weight excluding hydrogens is 721 g/mol. The minimum Gasteiger partial charge on any atom is -0.497 e. The van der Waals surface area contributed by atoms with Crippen LogP contribution in [0, 0.1) is 5.41 Å². The fourth-order valence-corrected chi connectivity index (χ4v) is 10.4. The molecule has 0 saturated carbocycles. The maximum atomic E-state index is 13.2. The van der Waals surface area contributed by atoms with Gasteiger partial charge >= 0.3 is 0 Å². The molecule has 2 aliphatic heterocycles. The third kappa shape index (κ3) is 11.1. The summed E-state index contributed by atoms with van der Waals surface area (Å²) in [5.41, 5.74) is 1.17. The molecule has 5 rings (SSSR count). The van der Waals surface area contributed by atoms with Gasteiger partial charge in [-0.15, -0.1) is 0 Å². The number of methoxy groups -OCH3 is 3. The number of unbranched alkanes of at least 4 members (excludes halogenated alkanes) is 3. The van der Waals surface area contributed by atoms with Crippen molar-refractivity contribution in [2.45, 2.75) is 81.5 Å². The third-order valence-electron chi connectivity index (χ3n) is 10.9. The van der Waals surface area contributed by atoms with Crippen molar-refractivity contribution in [3.63, 3.8) is 0 Å². The molecule has 2 saturated heterocycles. The first kappa shape index (κ1) is 41.8. The maximum absolute atomic E-state index is 13.2. The molecule has 2 heterocycles. The van der Waals surface area contributed by atoms with Crippen molar-refractivity contribution in [1.29, 1.82) is 0 Å². The number of aliphatic hydroxyl groups excluding tert-OH is 1. The Hall–Kier alpha value is -3.38. The number of aliphatic hydroxyl groups is 1. The highest BCUT2D eigenvalue weighted by molar-refractivity contribution is 8.77. The van der Waals surface area contributed by atoms with Crippen molar-refractivity contribution in [2.24, 2.45) is 5.41 Å². The smallest absolute Gasteiger partial charge is 0.222 e. The average molecular weight is 779 g/mol.